The molecule has 0 saturated heterocycles. The van der Waals surface area contributed by atoms with Crippen LogP contribution in [0.25, 0.3) is 0 Å². The number of unbranched alkanes of at least 4 members (excludes halogenated alkanes) is 1. The van der Waals surface area contributed by atoms with Crippen LogP contribution >= 0.6 is 0 Å². The molecule has 0 radical (unpaired) electrons. The smallest absolute Gasteiger partial charge is 0.203 e. The highest BCUT2D eigenvalue weighted by atomic mass is 16.5. The van der Waals surface area contributed by atoms with Gasteiger partial charge < -0.3 is 14.6 Å². The zero-order valence-electron chi connectivity index (χ0n) is 11.4. The minimum atomic E-state index is 0.649. The average Bonchev–Trinajstić information content (AvgIpc) is 3.03. The van der Waals surface area contributed by atoms with E-state index in [1.807, 2.05) is 6.20 Å². The minimum absolute atomic E-state index is 0.649. The lowest BCUT2D eigenvalue weighted by Gasteiger charge is -2.15. The second-order valence-corrected chi connectivity index (χ2v) is 4.99. The number of nitrogens with zero attached hydrogens (tertiary/aromatic N) is 2. The zero-order chi connectivity index (χ0) is 12.6. The molecule has 4 heteroatoms. The lowest BCUT2D eigenvalue weighted by molar-refractivity contribution is 0.141. The van der Waals surface area contributed by atoms with Crippen molar-refractivity contribution >= 4 is 5.95 Å². The van der Waals surface area contributed by atoms with Gasteiger partial charge in [0.15, 0.2) is 0 Å². The quantitative estimate of drug-likeness (QED) is 0.721. The number of aromatic nitrogens is 2. The monoisotopic (exact) mass is 251 g/mol. The third-order valence-corrected chi connectivity index (χ3v) is 3.56. The maximum absolute atomic E-state index is 5.54. The summed E-state index contributed by atoms with van der Waals surface area (Å²) in [6.45, 7) is 4.65. The van der Waals surface area contributed by atoms with Crippen LogP contribution in [0.1, 0.15) is 51.5 Å². The van der Waals surface area contributed by atoms with E-state index in [-0.39, 0.29) is 0 Å². The van der Waals surface area contributed by atoms with Crippen molar-refractivity contribution in [2.45, 2.75) is 51.5 Å². The van der Waals surface area contributed by atoms with Crippen LogP contribution in [0, 0.1) is 0 Å². The molecule has 0 unspecified atom stereocenters. The molecular formula is C14H25N3O. The van der Waals surface area contributed by atoms with Crippen molar-refractivity contribution in [3.63, 3.8) is 0 Å². The van der Waals surface area contributed by atoms with E-state index < -0.39 is 0 Å². The number of anilines is 1. The van der Waals surface area contributed by atoms with Crippen molar-refractivity contribution in [2.24, 2.45) is 0 Å². The molecule has 2 rings (SSSR count). The Labute approximate surface area is 110 Å². The van der Waals surface area contributed by atoms with E-state index in [4.69, 9.17) is 4.74 Å². The van der Waals surface area contributed by atoms with Crippen LogP contribution in [0.2, 0.25) is 0 Å². The molecule has 0 atom stereocenters. The standard InChI is InChI=1S/C14H25N3O/c1-2-3-11-18-12-9-16-14-15-8-10-17(14)13-6-4-5-7-13/h8,10,13H,2-7,9,11-12H2,1H3,(H,15,16). The normalized spacial score (nSPS) is 16.3. The summed E-state index contributed by atoms with van der Waals surface area (Å²) in [7, 11) is 0. The van der Waals surface area contributed by atoms with Gasteiger partial charge in [-0.3, -0.25) is 0 Å². The molecule has 1 aliphatic rings. The van der Waals surface area contributed by atoms with Crippen molar-refractivity contribution in [2.75, 3.05) is 25.1 Å². The lowest BCUT2D eigenvalue weighted by Crippen LogP contribution is -2.15. The summed E-state index contributed by atoms with van der Waals surface area (Å²) in [6.07, 6.45) is 11.6. The van der Waals surface area contributed by atoms with Crippen molar-refractivity contribution in [3.8, 4) is 0 Å². The van der Waals surface area contributed by atoms with E-state index in [9.17, 15) is 0 Å². The molecular weight excluding hydrogens is 226 g/mol. The van der Waals surface area contributed by atoms with Crippen molar-refractivity contribution in [1.82, 2.24) is 9.55 Å². The van der Waals surface area contributed by atoms with Gasteiger partial charge in [0.1, 0.15) is 0 Å². The van der Waals surface area contributed by atoms with Crippen molar-refractivity contribution in [3.05, 3.63) is 12.4 Å². The maximum Gasteiger partial charge on any atom is 0.203 e. The summed E-state index contributed by atoms with van der Waals surface area (Å²) in [6, 6.07) is 0.649. The first-order valence-electron chi connectivity index (χ1n) is 7.26. The first kappa shape index (κ1) is 13.4. The van der Waals surface area contributed by atoms with Crippen LogP contribution in [0.4, 0.5) is 5.95 Å². The van der Waals surface area contributed by atoms with E-state index in [0.29, 0.717) is 6.04 Å². The fourth-order valence-electron chi connectivity index (χ4n) is 2.51. The lowest BCUT2D eigenvalue weighted by atomic mass is 10.2. The van der Waals surface area contributed by atoms with Gasteiger partial charge in [-0.25, -0.2) is 4.98 Å². The highest BCUT2D eigenvalue weighted by Gasteiger charge is 2.18. The number of ether oxygens (including phenoxy) is 1. The van der Waals surface area contributed by atoms with Crippen LogP contribution in [0.5, 0.6) is 0 Å². The van der Waals surface area contributed by atoms with E-state index >= 15 is 0 Å². The van der Waals surface area contributed by atoms with Crippen LogP contribution in [0.15, 0.2) is 12.4 Å². The molecule has 0 amide bonds. The van der Waals surface area contributed by atoms with Crippen LogP contribution in [-0.4, -0.2) is 29.3 Å². The number of hydrogen-bond acceptors (Lipinski definition) is 3. The molecule has 0 aromatic carbocycles. The Balaban J connectivity index is 1.70. The molecule has 1 heterocycles. The molecule has 1 aliphatic carbocycles. The summed E-state index contributed by atoms with van der Waals surface area (Å²) in [5, 5.41) is 3.37. The third kappa shape index (κ3) is 3.73. The van der Waals surface area contributed by atoms with Gasteiger partial charge in [0, 0.05) is 31.6 Å². The van der Waals surface area contributed by atoms with E-state index in [2.05, 4.69) is 28.0 Å². The maximum atomic E-state index is 5.54. The molecule has 1 N–H and O–H groups in total. The molecule has 0 spiro atoms. The number of imidazole rings is 1. The number of nitrogens with one attached hydrogen (secondary N) is 1. The molecule has 1 saturated carbocycles. The second kappa shape index (κ2) is 7.41. The van der Waals surface area contributed by atoms with Gasteiger partial charge in [0.25, 0.3) is 0 Å². The van der Waals surface area contributed by atoms with Gasteiger partial charge in [-0.15, -0.1) is 0 Å². The fraction of sp³-hybridized carbons (Fsp3) is 0.786. The first-order valence-corrected chi connectivity index (χ1v) is 7.26. The Morgan fingerprint density at radius 1 is 1.39 bits per heavy atom. The third-order valence-electron chi connectivity index (χ3n) is 3.56. The van der Waals surface area contributed by atoms with E-state index in [1.165, 1.54) is 32.1 Å². The topological polar surface area (TPSA) is 39.1 Å². The van der Waals surface area contributed by atoms with Gasteiger partial charge in [0.05, 0.1) is 6.61 Å². The predicted molar refractivity (Wildman–Crippen MR) is 73.9 cm³/mol. The molecule has 4 nitrogen and oxygen atoms in total. The summed E-state index contributed by atoms with van der Waals surface area (Å²) < 4.78 is 7.83. The summed E-state index contributed by atoms with van der Waals surface area (Å²) in [4.78, 5) is 4.39. The SMILES string of the molecule is CCCCOCCNc1nccn1C1CCCC1. The minimum Gasteiger partial charge on any atom is -0.380 e. The Kier molecular flexibility index (Phi) is 5.52. The molecule has 1 aromatic rings. The number of hydrogen-bond donors (Lipinski definition) is 1. The molecule has 0 bridgehead atoms. The van der Waals surface area contributed by atoms with Gasteiger partial charge >= 0.3 is 0 Å². The van der Waals surface area contributed by atoms with E-state index in [1.54, 1.807) is 0 Å². The van der Waals surface area contributed by atoms with E-state index in [0.717, 1.165) is 32.1 Å². The Bertz CT molecular complexity index is 332. The molecule has 1 fully saturated rings. The van der Waals surface area contributed by atoms with Gasteiger partial charge in [-0.2, -0.15) is 0 Å². The zero-order valence-corrected chi connectivity index (χ0v) is 11.4. The van der Waals surface area contributed by atoms with Crippen LogP contribution < -0.4 is 5.32 Å². The summed E-state index contributed by atoms with van der Waals surface area (Å²) in [5.41, 5.74) is 0. The summed E-state index contributed by atoms with van der Waals surface area (Å²) >= 11 is 0. The van der Waals surface area contributed by atoms with Crippen molar-refractivity contribution in [1.29, 1.82) is 0 Å². The predicted octanol–water partition coefficient (Wildman–Crippen LogP) is 3.23. The Hall–Kier alpha value is -1.03. The largest absolute Gasteiger partial charge is 0.380 e. The summed E-state index contributed by atoms with van der Waals surface area (Å²) in [5.74, 6) is 1.00. The fourth-order valence-corrected chi connectivity index (χ4v) is 2.51. The molecule has 1 aromatic heterocycles. The van der Waals surface area contributed by atoms with Gasteiger partial charge in [-0.1, -0.05) is 26.2 Å². The number of rotatable bonds is 8. The van der Waals surface area contributed by atoms with Crippen LogP contribution in [0.3, 0.4) is 0 Å². The van der Waals surface area contributed by atoms with Gasteiger partial charge in [0.2, 0.25) is 5.95 Å². The van der Waals surface area contributed by atoms with Crippen molar-refractivity contribution < 1.29 is 4.74 Å². The average molecular weight is 251 g/mol. The van der Waals surface area contributed by atoms with Gasteiger partial charge in [-0.05, 0) is 19.3 Å². The Morgan fingerprint density at radius 2 is 2.22 bits per heavy atom. The molecule has 18 heavy (non-hydrogen) atoms. The molecule has 102 valence electrons. The second-order valence-electron chi connectivity index (χ2n) is 4.99. The Morgan fingerprint density at radius 3 is 3.00 bits per heavy atom. The van der Waals surface area contributed by atoms with Crippen LogP contribution in [-0.2, 0) is 4.74 Å². The highest BCUT2D eigenvalue weighted by molar-refractivity contribution is 5.26. The molecule has 0 aliphatic heterocycles. The first-order chi connectivity index (χ1) is 8.92. The highest BCUT2D eigenvalue weighted by Crippen LogP contribution is 2.31.